The summed E-state index contributed by atoms with van der Waals surface area (Å²) < 4.78 is 9.74. The summed E-state index contributed by atoms with van der Waals surface area (Å²) in [6.07, 6.45) is -0.748. The second-order valence-corrected chi connectivity index (χ2v) is 2.07. The third-order valence-electron chi connectivity index (χ3n) is 0.846. The Kier molecular flexibility index (Phi) is 4.88. The van der Waals surface area contributed by atoms with E-state index in [1.807, 2.05) is 0 Å². The Balaban J connectivity index is 4.16. The van der Waals surface area contributed by atoms with Crippen molar-refractivity contribution in [3.63, 3.8) is 0 Å². The summed E-state index contributed by atoms with van der Waals surface area (Å²) in [5.74, 6) is -3.26. The number of carbonyl (C=O) groups is 3. The number of amides is 1. The molecule has 0 spiro atoms. The molecule has 0 aliphatic heterocycles. The molecule has 0 aromatic rings. The molecular formula is C5H4NO5P. The van der Waals surface area contributed by atoms with Gasteiger partial charge in [0.1, 0.15) is 0 Å². The Labute approximate surface area is 68.0 Å². The second-order valence-electron chi connectivity index (χ2n) is 1.67. The van der Waals surface area contributed by atoms with Crippen molar-refractivity contribution in [2.24, 2.45) is 0 Å². The standard InChI is InChI=1S/C5H4NO5P/c7-3(2-12-11)1-4(8)5(9)6-10/h10H,1H2,(H,6,9). The Hall–Kier alpha value is -1.22. The van der Waals surface area contributed by atoms with Crippen molar-refractivity contribution in [1.29, 1.82) is 0 Å². The van der Waals surface area contributed by atoms with Crippen molar-refractivity contribution >= 4 is 25.4 Å². The summed E-state index contributed by atoms with van der Waals surface area (Å²) in [5.41, 5.74) is 2.81. The summed E-state index contributed by atoms with van der Waals surface area (Å²) >= 11 is 0. The van der Waals surface area contributed by atoms with Gasteiger partial charge in [0, 0.05) is 0 Å². The summed E-state index contributed by atoms with van der Waals surface area (Å²) in [6.45, 7) is 0. The van der Waals surface area contributed by atoms with E-state index in [4.69, 9.17) is 5.21 Å². The average Bonchev–Trinajstić information content (AvgIpc) is 2.03. The normalized spacial score (nSPS) is 8.08. The number of hydrogen-bond donors (Lipinski definition) is 2. The summed E-state index contributed by atoms with van der Waals surface area (Å²) in [6, 6.07) is 0. The van der Waals surface area contributed by atoms with E-state index in [1.54, 1.807) is 5.63 Å². The SMILES string of the molecule is O=P#CC(=O)CC(=O)C(=O)NO. The third-order valence-corrected chi connectivity index (χ3v) is 1.19. The number of carbonyl (C=O) groups excluding carboxylic acids is 3. The van der Waals surface area contributed by atoms with Crippen LogP contribution < -0.4 is 5.48 Å². The molecule has 64 valence electrons. The fourth-order valence-corrected chi connectivity index (χ4v) is 0.560. The Bertz CT molecular complexity index is 316. The first kappa shape index (κ1) is 10.8. The van der Waals surface area contributed by atoms with E-state index in [1.165, 1.54) is 0 Å². The second kappa shape index (κ2) is 5.43. The molecule has 0 saturated carbocycles. The number of nitrogens with one attached hydrogen (secondary N) is 1. The molecule has 1 amide bonds. The van der Waals surface area contributed by atoms with Gasteiger partial charge in [-0.05, 0) is 0 Å². The first-order valence-electron chi connectivity index (χ1n) is 2.70. The molecular weight excluding hydrogens is 185 g/mol. The predicted octanol–water partition coefficient (Wildman–Crippen LogP) is -0.729. The molecule has 0 atom stereocenters. The molecule has 0 saturated heterocycles. The van der Waals surface area contributed by atoms with Crippen LogP contribution in [0.2, 0.25) is 0 Å². The van der Waals surface area contributed by atoms with Gasteiger partial charge in [-0.15, -0.1) is 0 Å². The van der Waals surface area contributed by atoms with Crippen LogP contribution in [0.3, 0.4) is 0 Å². The van der Waals surface area contributed by atoms with Crippen molar-refractivity contribution in [3.8, 4) is 5.63 Å². The summed E-state index contributed by atoms with van der Waals surface area (Å²) in [7, 11) is -0.645. The van der Waals surface area contributed by atoms with E-state index in [-0.39, 0.29) is 0 Å². The fraction of sp³-hybridized carbons (Fsp3) is 0.200. The molecule has 0 heterocycles. The van der Waals surface area contributed by atoms with Gasteiger partial charge < -0.3 is 0 Å². The number of ketones is 2. The molecule has 0 aliphatic carbocycles. The molecule has 2 N–H and O–H groups in total. The Morgan fingerprint density at radius 1 is 1.42 bits per heavy atom. The maximum atomic E-state index is 10.5. The predicted molar refractivity (Wildman–Crippen MR) is 36.1 cm³/mol. The molecule has 0 radical (unpaired) electrons. The minimum absolute atomic E-state index is 0.645. The van der Waals surface area contributed by atoms with Gasteiger partial charge in [-0.1, -0.05) is 0 Å². The van der Waals surface area contributed by atoms with Crippen LogP contribution >= 0.6 is 7.92 Å². The van der Waals surface area contributed by atoms with Crippen LogP contribution in [-0.2, 0) is 18.9 Å². The van der Waals surface area contributed by atoms with Crippen molar-refractivity contribution in [2.45, 2.75) is 6.42 Å². The molecule has 0 rings (SSSR count). The Morgan fingerprint density at radius 3 is 2.42 bits per heavy atom. The first-order valence-corrected chi connectivity index (χ1v) is 3.51. The summed E-state index contributed by atoms with van der Waals surface area (Å²) in [4.78, 5) is 31.3. The molecule has 0 aromatic heterocycles. The molecule has 12 heavy (non-hydrogen) atoms. The van der Waals surface area contributed by atoms with E-state index < -0.39 is 31.8 Å². The quantitative estimate of drug-likeness (QED) is 0.200. The van der Waals surface area contributed by atoms with Crippen molar-refractivity contribution in [3.05, 3.63) is 0 Å². The van der Waals surface area contributed by atoms with Crippen LogP contribution in [0.4, 0.5) is 0 Å². The van der Waals surface area contributed by atoms with Crippen LogP contribution in [0, 0.1) is 5.63 Å². The van der Waals surface area contributed by atoms with Crippen molar-refractivity contribution in [1.82, 2.24) is 5.48 Å². The van der Waals surface area contributed by atoms with Gasteiger partial charge >= 0.3 is 67.1 Å². The van der Waals surface area contributed by atoms with Crippen LogP contribution in [-0.4, -0.2) is 22.7 Å². The zero-order valence-electron chi connectivity index (χ0n) is 5.73. The van der Waals surface area contributed by atoms with Gasteiger partial charge in [0.05, 0.1) is 0 Å². The molecule has 0 aliphatic rings. The van der Waals surface area contributed by atoms with E-state index in [0.29, 0.717) is 0 Å². The number of Topliss-reactive ketones (excluding diaryl/α,β-unsaturated/α-hetero) is 2. The van der Waals surface area contributed by atoms with Crippen LogP contribution in [0.5, 0.6) is 0 Å². The first-order chi connectivity index (χ1) is 5.61. The Morgan fingerprint density at radius 2 is 2.00 bits per heavy atom. The third kappa shape index (κ3) is 3.83. The summed E-state index contributed by atoms with van der Waals surface area (Å²) in [5, 5.41) is 7.93. The number of hydrogen-bond acceptors (Lipinski definition) is 5. The average molecular weight is 189 g/mol. The molecule has 6 nitrogen and oxygen atoms in total. The number of hydroxylamine groups is 1. The van der Waals surface area contributed by atoms with Gasteiger partial charge in [0.25, 0.3) is 0 Å². The zero-order valence-corrected chi connectivity index (χ0v) is 6.63. The van der Waals surface area contributed by atoms with Gasteiger partial charge in [0.2, 0.25) is 0 Å². The molecule has 0 fully saturated rings. The zero-order chi connectivity index (χ0) is 9.56. The van der Waals surface area contributed by atoms with Crippen LogP contribution in [0.15, 0.2) is 0 Å². The van der Waals surface area contributed by atoms with Crippen LogP contribution in [0.25, 0.3) is 0 Å². The van der Waals surface area contributed by atoms with E-state index >= 15 is 0 Å². The van der Waals surface area contributed by atoms with Gasteiger partial charge in [-0.2, -0.15) is 0 Å². The van der Waals surface area contributed by atoms with E-state index in [0.717, 1.165) is 5.48 Å². The number of rotatable bonds is 3. The molecule has 0 bridgehead atoms. The van der Waals surface area contributed by atoms with Gasteiger partial charge in [-0.3, -0.25) is 0 Å². The van der Waals surface area contributed by atoms with E-state index in [9.17, 15) is 18.9 Å². The molecule has 0 unspecified atom stereocenters. The molecule has 0 aromatic carbocycles. The minimum atomic E-state index is -1.28. The van der Waals surface area contributed by atoms with Gasteiger partial charge in [-0.25, -0.2) is 0 Å². The van der Waals surface area contributed by atoms with Gasteiger partial charge in [0.15, 0.2) is 0 Å². The topological polar surface area (TPSA) is 101 Å². The van der Waals surface area contributed by atoms with Crippen molar-refractivity contribution < 1.29 is 24.2 Å². The van der Waals surface area contributed by atoms with Crippen LogP contribution in [0.1, 0.15) is 6.42 Å². The monoisotopic (exact) mass is 189 g/mol. The van der Waals surface area contributed by atoms with Crippen molar-refractivity contribution in [2.75, 3.05) is 0 Å². The maximum absolute atomic E-state index is 10.5. The molecule has 7 heteroatoms. The fourth-order valence-electron chi connectivity index (χ4n) is 0.379. The van der Waals surface area contributed by atoms with E-state index in [2.05, 4.69) is 0 Å².